The van der Waals surface area contributed by atoms with E-state index in [9.17, 15) is 0 Å². The standard InChI is InChI=1S/C7H10N2O2S/c8-6-4-12-7(9-6)5-3-10-1-2-11-5/h4-5H,1-3,8H2. The maximum atomic E-state index is 5.49. The minimum Gasteiger partial charge on any atom is -0.383 e. The fourth-order valence-electron chi connectivity index (χ4n) is 1.08. The largest absolute Gasteiger partial charge is 0.383 e. The maximum absolute atomic E-state index is 5.49. The van der Waals surface area contributed by atoms with Crippen LogP contribution < -0.4 is 5.73 Å². The molecule has 2 rings (SSSR count). The number of anilines is 1. The van der Waals surface area contributed by atoms with Crippen LogP contribution in [0.3, 0.4) is 0 Å². The Hall–Kier alpha value is -0.650. The van der Waals surface area contributed by atoms with Crippen molar-refractivity contribution in [2.24, 2.45) is 0 Å². The molecule has 0 spiro atoms. The molecule has 4 nitrogen and oxygen atoms in total. The minimum absolute atomic E-state index is 0.0129. The maximum Gasteiger partial charge on any atom is 0.134 e. The first kappa shape index (κ1) is 7.97. The zero-order chi connectivity index (χ0) is 8.39. The molecule has 2 N–H and O–H groups in total. The van der Waals surface area contributed by atoms with Gasteiger partial charge in [0.05, 0.1) is 19.8 Å². The van der Waals surface area contributed by atoms with Gasteiger partial charge in [0.15, 0.2) is 0 Å². The van der Waals surface area contributed by atoms with E-state index in [1.807, 2.05) is 5.38 Å². The summed E-state index contributed by atoms with van der Waals surface area (Å²) >= 11 is 1.51. The summed E-state index contributed by atoms with van der Waals surface area (Å²) in [6, 6.07) is 0. The van der Waals surface area contributed by atoms with Crippen LogP contribution in [0.5, 0.6) is 0 Å². The number of hydrogen-bond donors (Lipinski definition) is 1. The fourth-order valence-corrected chi connectivity index (χ4v) is 1.82. The molecule has 0 aromatic carbocycles. The molecule has 1 aromatic rings. The van der Waals surface area contributed by atoms with Crippen LogP contribution in [0.25, 0.3) is 0 Å². The Labute approximate surface area is 74.3 Å². The highest BCUT2D eigenvalue weighted by Crippen LogP contribution is 2.24. The Morgan fingerprint density at radius 1 is 1.58 bits per heavy atom. The van der Waals surface area contributed by atoms with Gasteiger partial charge in [-0.3, -0.25) is 0 Å². The lowest BCUT2D eigenvalue weighted by Crippen LogP contribution is -2.21. The van der Waals surface area contributed by atoms with Gasteiger partial charge in [-0.2, -0.15) is 0 Å². The van der Waals surface area contributed by atoms with E-state index in [4.69, 9.17) is 15.2 Å². The van der Waals surface area contributed by atoms with Crippen molar-refractivity contribution in [2.75, 3.05) is 25.6 Å². The van der Waals surface area contributed by atoms with Gasteiger partial charge in [-0.25, -0.2) is 4.98 Å². The summed E-state index contributed by atoms with van der Waals surface area (Å²) in [4.78, 5) is 4.13. The molecule has 1 fully saturated rings. The van der Waals surface area contributed by atoms with Gasteiger partial charge < -0.3 is 15.2 Å². The van der Waals surface area contributed by atoms with Gasteiger partial charge in [0.2, 0.25) is 0 Å². The SMILES string of the molecule is Nc1csc(C2COCCO2)n1. The van der Waals surface area contributed by atoms with Crippen molar-refractivity contribution >= 4 is 17.2 Å². The quantitative estimate of drug-likeness (QED) is 0.705. The normalized spacial score (nSPS) is 24.2. The Morgan fingerprint density at radius 3 is 3.08 bits per heavy atom. The van der Waals surface area contributed by atoms with Gasteiger partial charge in [0, 0.05) is 5.38 Å². The van der Waals surface area contributed by atoms with E-state index >= 15 is 0 Å². The predicted molar refractivity (Wildman–Crippen MR) is 46.0 cm³/mol. The first-order valence-corrected chi connectivity index (χ1v) is 4.64. The zero-order valence-electron chi connectivity index (χ0n) is 6.53. The number of nitrogens with zero attached hydrogens (tertiary/aromatic N) is 1. The molecule has 12 heavy (non-hydrogen) atoms. The molecule has 0 bridgehead atoms. The second-order valence-corrected chi connectivity index (χ2v) is 3.43. The topological polar surface area (TPSA) is 57.4 Å². The van der Waals surface area contributed by atoms with Gasteiger partial charge >= 0.3 is 0 Å². The fraction of sp³-hybridized carbons (Fsp3) is 0.571. The number of rotatable bonds is 1. The molecule has 0 saturated carbocycles. The third-order valence-electron chi connectivity index (χ3n) is 1.63. The van der Waals surface area contributed by atoms with E-state index in [2.05, 4.69) is 4.98 Å². The number of nitrogens with two attached hydrogens (primary N) is 1. The molecule has 1 unspecified atom stereocenters. The lowest BCUT2D eigenvalue weighted by Gasteiger charge is -2.20. The van der Waals surface area contributed by atoms with Gasteiger partial charge in [-0.1, -0.05) is 0 Å². The number of hydrogen-bond acceptors (Lipinski definition) is 5. The average Bonchev–Trinajstić information content (AvgIpc) is 2.54. The van der Waals surface area contributed by atoms with Crippen LogP contribution in [-0.4, -0.2) is 24.8 Å². The lowest BCUT2D eigenvalue weighted by molar-refractivity contribution is -0.0901. The highest BCUT2D eigenvalue weighted by atomic mass is 32.1. The molecule has 1 aliphatic rings. The van der Waals surface area contributed by atoms with E-state index in [0.717, 1.165) is 5.01 Å². The Kier molecular flexibility index (Phi) is 2.25. The molecule has 1 saturated heterocycles. The van der Waals surface area contributed by atoms with Crippen molar-refractivity contribution in [1.82, 2.24) is 4.98 Å². The third-order valence-corrected chi connectivity index (χ3v) is 2.59. The van der Waals surface area contributed by atoms with E-state index in [0.29, 0.717) is 25.6 Å². The summed E-state index contributed by atoms with van der Waals surface area (Å²) in [5.41, 5.74) is 5.49. The molecule has 2 heterocycles. The number of aromatic nitrogens is 1. The highest BCUT2D eigenvalue weighted by Gasteiger charge is 2.19. The second-order valence-electron chi connectivity index (χ2n) is 2.54. The molecule has 1 atom stereocenters. The highest BCUT2D eigenvalue weighted by molar-refractivity contribution is 7.10. The van der Waals surface area contributed by atoms with E-state index in [-0.39, 0.29) is 6.10 Å². The van der Waals surface area contributed by atoms with Crippen LogP contribution in [0.2, 0.25) is 0 Å². The molecule has 0 amide bonds. The molecule has 1 aliphatic heterocycles. The van der Waals surface area contributed by atoms with E-state index in [1.165, 1.54) is 11.3 Å². The van der Waals surface area contributed by atoms with Gasteiger partial charge in [0.25, 0.3) is 0 Å². The Bertz CT molecular complexity index is 258. The second kappa shape index (κ2) is 3.38. The van der Waals surface area contributed by atoms with Crippen molar-refractivity contribution in [3.8, 4) is 0 Å². The van der Waals surface area contributed by atoms with Crippen LogP contribution in [-0.2, 0) is 9.47 Å². The average molecular weight is 186 g/mol. The number of ether oxygens (including phenoxy) is 2. The molecular weight excluding hydrogens is 176 g/mol. The van der Waals surface area contributed by atoms with E-state index in [1.54, 1.807) is 0 Å². The van der Waals surface area contributed by atoms with Crippen LogP contribution in [0.1, 0.15) is 11.1 Å². The van der Waals surface area contributed by atoms with Gasteiger partial charge in [0.1, 0.15) is 16.9 Å². The van der Waals surface area contributed by atoms with E-state index < -0.39 is 0 Å². The number of nitrogen functional groups attached to an aromatic ring is 1. The molecule has 5 heteroatoms. The van der Waals surface area contributed by atoms with Gasteiger partial charge in [-0.15, -0.1) is 11.3 Å². The van der Waals surface area contributed by atoms with Crippen molar-refractivity contribution in [2.45, 2.75) is 6.10 Å². The van der Waals surface area contributed by atoms with Crippen LogP contribution in [0.15, 0.2) is 5.38 Å². The number of thiazole rings is 1. The van der Waals surface area contributed by atoms with Crippen molar-refractivity contribution < 1.29 is 9.47 Å². The van der Waals surface area contributed by atoms with Crippen LogP contribution in [0, 0.1) is 0 Å². The van der Waals surface area contributed by atoms with Crippen molar-refractivity contribution in [1.29, 1.82) is 0 Å². The molecule has 66 valence electrons. The van der Waals surface area contributed by atoms with Crippen molar-refractivity contribution in [3.63, 3.8) is 0 Å². The zero-order valence-corrected chi connectivity index (χ0v) is 7.34. The summed E-state index contributed by atoms with van der Waals surface area (Å²) in [6.07, 6.45) is -0.0129. The summed E-state index contributed by atoms with van der Waals surface area (Å²) < 4.78 is 10.7. The minimum atomic E-state index is -0.0129. The van der Waals surface area contributed by atoms with Crippen molar-refractivity contribution in [3.05, 3.63) is 10.4 Å². The predicted octanol–water partition coefficient (Wildman–Crippen LogP) is 0.813. The molecule has 0 radical (unpaired) electrons. The molecule has 0 aliphatic carbocycles. The smallest absolute Gasteiger partial charge is 0.134 e. The summed E-state index contributed by atoms with van der Waals surface area (Å²) in [6.45, 7) is 1.91. The summed E-state index contributed by atoms with van der Waals surface area (Å²) in [5, 5.41) is 2.72. The molecular formula is C7H10N2O2S. The first-order chi connectivity index (χ1) is 5.86. The third kappa shape index (κ3) is 1.57. The van der Waals surface area contributed by atoms with Crippen LogP contribution in [0.4, 0.5) is 5.82 Å². The lowest BCUT2D eigenvalue weighted by atomic mass is 10.4. The summed E-state index contributed by atoms with van der Waals surface area (Å²) in [7, 11) is 0. The molecule has 1 aromatic heterocycles. The van der Waals surface area contributed by atoms with Crippen LogP contribution >= 0.6 is 11.3 Å². The summed E-state index contributed by atoms with van der Waals surface area (Å²) in [5.74, 6) is 0.559. The Balaban J connectivity index is 2.08. The monoisotopic (exact) mass is 186 g/mol. The van der Waals surface area contributed by atoms with Gasteiger partial charge in [-0.05, 0) is 0 Å². The Morgan fingerprint density at radius 2 is 2.50 bits per heavy atom. The first-order valence-electron chi connectivity index (χ1n) is 3.76.